The topological polar surface area (TPSA) is 49.8 Å². The fraction of sp³-hybridized carbons (Fsp3) is 0.154. The number of hydrogen-bond acceptors (Lipinski definition) is 3. The molecule has 0 radical (unpaired) electrons. The van der Waals surface area contributed by atoms with Gasteiger partial charge in [-0.1, -0.05) is 34.8 Å². The number of rotatable bonds is 4. The zero-order valence-electron chi connectivity index (χ0n) is 11.0. The van der Waals surface area contributed by atoms with Crippen LogP contribution < -0.4 is 10.6 Å². The van der Waals surface area contributed by atoms with Gasteiger partial charge < -0.3 is 10.6 Å². The Morgan fingerprint density at radius 3 is 2.77 bits per heavy atom. The second-order valence-corrected chi connectivity index (χ2v) is 6.70. The number of thiocarbonyl (C=S) groups is 1. The highest BCUT2D eigenvalue weighted by Gasteiger charge is 2.08. The Balaban J connectivity index is 1.89. The number of halogens is 4. The molecule has 0 fully saturated rings. The van der Waals surface area contributed by atoms with E-state index in [-0.39, 0.29) is 0 Å². The van der Waals surface area contributed by atoms with E-state index >= 15 is 0 Å². The Bertz CT molecular complexity index is 699. The molecule has 0 saturated heterocycles. The average Bonchev–Trinajstić information content (AvgIpc) is 2.46. The van der Waals surface area contributed by atoms with Crippen LogP contribution in [0.3, 0.4) is 0 Å². The second kappa shape index (κ2) is 8.26. The number of aromatic nitrogens is 2. The van der Waals surface area contributed by atoms with Gasteiger partial charge >= 0.3 is 0 Å². The third-order valence-corrected chi connectivity index (χ3v) is 4.60. The lowest BCUT2D eigenvalue weighted by Gasteiger charge is -2.11. The minimum absolute atomic E-state index is 0.436. The molecule has 1 heterocycles. The van der Waals surface area contributed by atoms with Crippen LogP contribution in [-0.4, -0.2) is 21.9 Å². The average molecular weight is 441 g/mol. The normalized spacial score (nSPS) is 10.4. The summed E-state index contributed by atoms with van der Waals surface area (Å²) in [5.74, 6) is 0.545. The van der Waals surface area contributed by atoms with Gasteiger partial charge in [0.2, 0.25) is 0 Å². The second-order valence-electron chi connectivity index (χ2n) is 4.22. The minimum Gasteiger partial charge on any atom is -0.362 e. The largest absolute Gasteiger partial charge is 0.362 e. The Hall–Kier alpha value is -0.660. The Labute approximate surface area is 156 Å². The molecule has 4 nitrogen and oxygen atoms in total. The van der Waals surface area contributed by atoms with Gasteiger partial charge in [-0.25, -0.2) is 0 Å². The molecule has 0 aliphatic rings. The Kier molecular flexibility index (Phi) is 6.65. The van der Waals surface area contributed by atoms with Crippen molar-refractivity contribution in [3.63, 3.8) is 0 Å². The van der Waals surface area contributed by atoms with Crippen molar-refractivity contribution < 1.29 is 0 Å². The highest BCUT2D eigenvalue weighted by Crippen LogP contribution is 2.29. The molecule has 0 amide bonds. The molecule has 0 atom stereocenters. The molecule has 0 aliphatic heterocycles. The zero-order valence-corrected chi connectivity index (χ0v) is 15.7. The van der Waals surface area contributed by atoms with E-state index < -0.39 is 0 Å². The monoisotopic (exact) mass is 438 g/mol. The zero-order chi connectivity index (χ0) is 16.1. The van der Waals surface area contributed by atoms with Crippen molar-refractivity contribution in [1.82, 2.24) is 15.5 Å². The van der Waals surface area contributed by atoms with E-state index in [0.717, 1.165) is 10.0 Å². The van der Waals surface area contributed by atoms with Gasteiger partial charge in [-0.05, 0) is 58.3 Å². The summed E-state index contributed by atoms with van der Waals surface area (Å²) in [5, 5.41) is 15.6. The van der Waals surface area contributed by atoms with E-state index in [1.54, 1.807) is 24.4 Å². The van der Waals surface area contributed by atoms with Crippen LogP contribution >= 0.6 is 63.0 Å². The summed E-state index contributed by atoms with van der Waals surface area (Å²) in [6.45, 7) is 0.570. The summed E-state index contributed by atoms with van der Waals surface area (Å²) in [5.41, 5.74) is 0.857. The van der Waals surface area contributed by atoms with Crippen molar-refractivity contribution in [3.05, 3.63) is 49.5 Å². The third-order valence-electron chi connectivity index (χ3n) is 2.65. The molecular weight excluding hydrogens is 431 g/mol. The van der Waals surface area contributed by atoms with Crippen molar-refractivity contribution in [3.8, 4) is 0 Å². The first-order valence-electron chi connectivity index (χ1n) is 6.13. The predicted molar refractivity (Wildman–Crippen MR) is 99.1 cm³/mol. The summed E-state index contributed by atoms with van der Waals surface area (Å²) in [4.78, 5) is 0. The van der Waals surface area contributed by atoms with Gasteiger partial charge in [-0.2, -0.15) is 5.10 Å². The fourth-order valence-corrected chi connectivity index (χ4v) is 2.89. The van der Waals surface area contributed by atoms with Gasteiger partial charge in [0.1, 0.15) is 0 Å². The third kappa shape index (κ3) is 4.93. The SMILES string of the molecule is S=C(NCCc1cc(Cl)cc(Cl)c1Cl)Nc1nnccc1Br. The van der Waals surface area contributed by atoms with Gasteiger partial charge in [0.05, 0.1) is 20.7 Å². The number of hydrogen-bond donors (Lipinski definition) is 2. The summed E-state index contributed by atoms with van der Waals surface area (Å²) in [6, 6.07) is 5.17. The van der Waals surface area contributed by atoms with Crippen molar-refractivity contribution in [1.29, 1.82) is 0 Å². The number of benzene rings is 1. The van der Waals surface area contributed by atoms with Crippen LogP contribution in [-0.2, 0) is 6.42 Å². The van der Waals surface area contributed by atoms with Gasteiger partial charge in [0.15, 0.2) is 10.9 Å². The fourth-order valence-electron chi connectivity index (χ4n) is 1.65. The summed E-state index contributed by atoms with van der Waals surface area (Å²) in [7, 11) is 0. The Morgan fingerprint density at radius 2 is 2.05 bits per heavy atom. The minimum atomic E-state index is 0.436. The van der Waals surface area contributed by atoms with Crippen molar-refractivity contribution >= 4 is 73.9 Å². The van der Waals surface area contributed by atoms with Crippen LogP contribution in [0.25, 0.3) is 0 Å². The van der Waals surface area contributed by atoms with Crippen LogP contribution in [0.4, 0.5) is 5.82 Å². The molecule has 9 heteroatoms. The Morgan fingerprint density at radius 1 is 1.27 bits per heavy atom. The molecule has 0 bridgehead atoms. The van der Waals surface area contributed by atoms with Gasteiger partial charge in [-0.15, -0.1) is 5.10 Å². The van der Waals surface area contributed by atoms with E-state index in [1.165, 1.54) is 0 Å². The maximum Gasteiger partial charge on any atom is 0.172 e. The summed E-state index contributed by atoms with van der Waals surface area (Å²) in [6.07, 6.45) is 2.21. The van der Waals surface area contributed by atoms with E-state index in [9.17, 15) is 0 Å². The highest BCUT2D eigenvalue weighted by molar-refractivity contribution is 9.10. The number of nitrogens with one attached hydrogen (secondary N) is 2. The molecular formula is C13H10BrCl3N4S. The molecule has 2 N–H and O–H groups in total. The van der Waals surface area contributed by atoms with Gasteiger partial charge in [0, 0.05) is 11.6 Å². The molecule has 0 spiro atoms. The van der Waals surface area contributed by atoms with Crippen molar-refractivity contribution in [2.75, 3.05) is 11.9 Å². The molecule has 1 aromatic carbocycles. The molecule has 0 aliphatic carbocycles. The summed E-state index contributed by atoms with van der Waals surface area (Å²) >= 11 is 26.7. The van der Waals surface area contributed by atoms with E-state index in [1.807, 2.05) is 0 Å². The lowest BCUT2D eigenvalue weighted by molar-refractivity contribution is 0.872. The maximum atomic E-state index is 6.14. The van der Waals surface area contributed by atoms with E-state index in [2.05, 4.69) is 36.8 Å². The molecule has 0 saturated carbocycles. The maximum absolute atomic E-state index is 6.14. The molecule has 116 valence electrons. The number of anilines is 1. The number of nitrogens with zero attached hydrogens (tertiary/aromatic N) is 2. The lowest BCUT2D eigenvalue weighted by Crippen LogP contribution is -2.30. The van der Waals surface area contributed by atoms with Crippen LogP contribution in [0.15, 0.2) is 28.9 Å². The first kappa shape index (κ1) is 17.7. The molecule has 22 heavy (non-hydrogen) atoms. The van der Waals surface area contributed by atoms with E-state index in [4.69, 9.17) is 47.0 Å². The van der Waals surface area contributed by atoms with Gasteiger partial charge in [-0.3, -0.25) is 0 Å². The molecule has 1 aromatic heterocycles. The quantitative estimate of drug-likeness (QED) is 0.532. The summed E-state index contributed by atoms with van der Waals surface area (Å²) < 4.78 is 0.774. The van der Waals surface area contributed by atoms with Crippen LogP contribution in [0.2, 0.25) is 15.1 Å². The first-order chi connectivity index (χ1) is 10.5. The molecule has 0 unspecified atom stereocenters. The van der Waals surface area contributed by atoms with Crippen LogP contribution in [0, 0.1) is 0 Å². The highest BCUT2D eigenvalue weighted by atomic mass is 79.9. The van der Waals surface area contributed by atoms with Crippen LogP contribution in [0.1, 0.15) is 5.56 Å². The molecule has 2 rings (SSSR count). The van der Waals surface area contributed by atoms with Crippen molar-refractivity contribution in [2.24, 2.45) is 0 Å². The van der Waals surface area contributed by atoms with Gasteiger partial charge in [0.25, 0.3) is 0 Å². The predicted octanol–water partition coefficient (Wildman–Crippen LogP) is 4.73. The molecule has 2 aromatic rings. The lowest BCUT2D eigenvalue weighted by atomic mass is 10.1. The first-order valence-corrected chi connectivity index (χ1v) is 8.46. The standard InChI is InChI=1S/C13H10BrCl3N4S/c14-9-2-4-19-21-12(9)20-13(22)18-3-1-7-5-8(15)6-10(16)11(7)17/h2,4-6H,1,3H2,(H2,18,20,21,22). The van der Waals surface area contributed by atoms with Crippen LogP contribution in [0.5, 0.6) is 0 Å². The smallest absolute Gasteiger partial charge is 0.172 e. The van der Waals surface area contributed by atoms with E-state index in [0.29, 0.717) is 39.0 Å². The van der Waals surface area contributed by atoms with Crippen molar-refractivity contribution in [2.45, 2.75) is 6.42 Å².